The summed E-state index contributed by atoms with van der Waals surface area (Å²) >= 11 is 0. The Morgan fingerprint density at radius 1 is 1.12 bits per heavy atom. The summed E-state index contributed by atoms with van der Waals surface area (Å²) < 4.78 is 56.7. The monoisotopic (exact) mass is 477 g/mol. The van der Waals surface area contributed by atoms with Crippen molar-refractivity contribution < 1.29 is 32.5 Å². The molecule has 0 saturated heterocycles. The second kappa shape index (κ2) is 8.76. The van der Waals surface area contributed by atoms with Gasteiger partial charge in [-0.3, -0.25) is 4.68 Å². The molecule has 0 amide bonds. The van der Waals surface area contributed by atoms with Gasteiger partial charge in [0, 0.05) is 18.0 Å². The van der Waals surface area contributed by atoms with E-state index >= 15 is 0 Å². The molecule has 4 rings (SSSR count). The molecular formula is C22H22F3N5O4. The average Bonchev–Trinajstić information content (AvgIpc) is 3.34. The van der Waals surface area contributed by atoms with E-state index < -0.39 is 12.7 Å². The Kier molecular flexibility index (Phi) is 5.98. The fourth-order valence-corrected chi connectivity index (χ4v) is 3.69. The van der Waals surface area contributed by atoms with Crippen molar-refractivity contribution in [2.75, 3.05) is 20.8 Å². The summed E-state index contributed by atoms with van der Waals surface area (Å²) in [6.45, 7) is 2.52. The third kappa shape index (κ3) is 4.18. The second-order valence-corrected chi connectivity index (χ2v) is 7.39. The molecule has 12 heteroatoms. The number of aromatic hydroxyl groups is 1. The van der Waals surface area contributed by atoms with E-state index in [2.05, 4.69) is 15.1 Å². The normalized spacial score (nSPS) is 11.7. The Labute approximate surface area is 192 Å². The topological polar surface area (TPSA) is 96.5 Å². The first-order chi connectivity index (χ1) is 16.2. The molecule has 0 spiro atoms. The second-order valence-electron chi connectivity index (χ2n) is 7.39. The maximum atomic E-state index is 12.8. The molecule has 0 atom stereocenters. The van der Waals surface area contributed by atoms with Crippen LogP contribution in [0.15, 0.2) is 30.7 Å². The molecule has 1 N–H and O–H groups in total. The number of alkyl halides is 3. The molecule has 0 unspecified atom stereocenters. The summed E-state index contributed by atoms with van der Waals surface area (Å²) in [4.78, 5) is 8.92. The van der Waals surface area contributed by atoms with Gasteiger partial charge in [-0.1, -0.05) is 0 Å². The lowest BCUT2D eigenvalue weighted by Gasteiger charge is -2.10. The number of pyridine rings is 2. The average molecular weight is 477 g/mol. The van der Waals surface area contributed by atoms with E-state index in [1.165, 1.54) is 31.2 Å². The van der Waals surface area contributed by atoms with Crippen LogP contribution in [0.5, 0.6) is 23.4 Å². The Balaban J connectivity index is 1.89. The summed E-state index contributed by atoms with van der Waals surface area (Å²) in [6, 6.07) is 3.48. The maximum Gasteiger partial charge on any atom is 0.408 e. The quantitative estimate of drug-likeness (QED) is 0.425. The van der Waals surface area contributed by atoms with Gasteiger partial charge in [0.2, 0.25) is 11.8 Å². The number of hydrogen-bond acceptors (Lipinski definition) is 7. The number of aromatic nitrogens is 5. The van der Waals surface area contributed by atoms with Gasteiger partial charge in [-0.15, -0.1) is 0 Å². The van der Waals surface area contributed by atoms with Crippen LogP contribution < -0.4 is 14.2 Å². The van der Waals surface area contributed by atoms with Gasteiger partial charge < -0.3 is 19.3 Å². The van der Waals surface area contributed by atoms with Gasteiger partial charge >= 0.3 is 6.18 Å². The zero-order chi connectivity index (χ0) is 24.6. The van der Waals surface area contributed by atoms with Crippen LogP contribution in [0.25, 0.3) is 27.8 Å². The Hall–Kier alpha value is -3.96. The number of ether oxygens (including phenoxy) is 3. The lowest BCUT2D eigenvalue weighted by Crippen LogP contribution is -2.17. The minimum atomic E-state index is -4.43. The van der Waals surface area contributed by atoms with E-state index in [1.807, 2.05) is 0 Å². The molecule has 34 heavy (non-hydrogen) atoms. The van der Waals surface area contributed by atoms with Crippen molar-refractivity contribution in [2.24, 2.45) is 0 Å². The molecule has 0 aliphatic carbocycles. The van der Waals surface area contributed by atoms with Crippen LogP contribution in [-0.2, 0) is 6.54 Å². The first-order valence-electron chi connectivity index (χ1n) is 10.2. The highest BCUT2D eigenvalue weighted by molar-refractivity contribution is 5.95. The summed E-state index contributed by atoms with van der Waals surface area (Å²) in [6.07, 6.45) is -0.451. The molecule has 0 bridgehead atoms. The molecule has 4 aromatic heterocycles. The molecule has 0 fully saturated rings. The fraction of sp³-hybridized carbons (Fsp3) is 0.318. The molecule has 0 saturated carbocycles. The van der Waals surface area contributed by atoms with Crippen LogP contribution in [-0.4, -0.2) is 56.4 Å². The number of halogens is 3. The van der Waals surface area contributed by atoms with Crippen molar-refractivity contribution in [3.63, 3.8) is 0 Å². The predicted octanol–water partition coefficient (Wildman–Crippen LogP) is 4.28. The van der Waals surface area contributed by atoms with Crippen molar-refractivity contribution in [2.45, 2.75) is 26.6 Å². The number of fused-ring (bicyclic) bond motifs is 1. The zero-order valence-electron chi connectivity index (χ0n) is 18.8. The molecule has 0 aliphatic rings. The van der Waals surface area contributed by atoms with Crippen molar-refractivity contribution in [1.29, 1.82) is 0 Å². The molecule has 4 heterocycles. The van der Waals surface area contributed by atoms with Crippen LogP contribution in [0.3, 0.4) is 0 Å². The number of hydrogen-bond donors (Lipinski definition) is 1. The molecule has 0 aromatic carbocycles. The van der Waals surface area contributed by atoms with Gasteiger partial charge in [0.05, 0.1) is 43.8 Å². The van der Waals surface area contributed by atoms with Gasteiger partial charge in [0.25, 0.3) is 5.88 Å². The van der Waals surface area contributed by atoms with E-state index in [0.717, 1.165) is 4.68 Å². The molecular weight excluding hydrogens is 455 g/mol. The maximum absolute atomic E-state index is 12.8. The number of nitrogens with zero attached hydrogens (tertiary/aromatic N) is 5. The first kappa shape index (κ1) is 23.2. The van der Waals surface area contributed by atoms with Crippen molar-refractivity contribution in [1.82, 2.24) is 24.3 Å². The third-order valence-electron chi connectivity index (χ3n) is 5.09. The number of methoxy groups -OCH3 is 2. The largest absolute Gasteiger partial charge is 0.494 e. The van der Waals surface area contributed by atoms with Gasteiger partial charge in [0.15, 0.2) is 5.75 Å². The van der Waals surface area contributed by atoms with Gasteiger partial charge in [-0.05, 0) is 31.5 Å². The Bertz CT molecular complexity index is 1350. The molecule has 180 valence electrons. The van der Waals surface area contributed by atoms with Crippen LogP contribution in [0.2, 0.25) is 0 Å². The Morgan fingerprint density at radius 2 is 1.88 bits per heavy atom. The molecule has 0 aliphatic heterocycles. The van der Waals surface area contributed by atoms with Crippen LogP contribution in [0.1, 0.15) is 12.5 Å². The van der Waals surface area contributed by atoms with E-state index in [4.69, 9.17) is 14.2 Å². The van der Waals surface area contributed by atoms with Gasteiger partial charge in [-0.25, -0.2) is 14.5 Å². The van der Waals surface area contributed by atoms with Gasteiger partial charge in [0.1, 0.15) is 12.1 Å². The standard InChI is InChI=1S/C22H22F3N5O4/c1-5-34-21-18-17(20(31)30(21)14-9-27-29(10-14)11-22(23,24)25)12(2)6-15(28-18)13-7-16(32-3)19(33-4)26-8-13/h6-10,31H,5,11H2,1-4H3. The van der Waals surface area contributed by atoms with Crippen LogP contribution >= 0.6 is 0 Å². The zero-order valence-corrected chi connectivity index (χ0v) is 18.8. The van der Waals surface area contributed by atoms with Crippen molar-refractivity contribution in [3.05, 3.63) is 36.3 Å². The number of aryl methyl sites for hydroxylation is 1. The van der Waals surface area contributed by atoms with Crippen LogP contribution in [0, 0.1) is 6.92 Å². The van der Waals surface area contributed by atoms with Crippen LogP contribution in [0.4, 0.5) is 13.2 Å². The minimum absolute atomic E-state index is 0.181. The highest BCUT2D eigenvalue weighted by Gasteiger charge is 2.29. The summed E-state index contributed by atoms with van der Waals surface area (Å²) in [5.41, 5.74) is 2.39. The smallest absolute Gasteiger partial charge is 0.408 e. The first-order valence-corrected chi connectivity index (χ1v) is 10.2. The Morgan fingerprint density at radius 3 is 2.53 bits per heavy atom. The summed E-state index contributed by atoms with van der Waals surface area (Å²) in [5, 5.41) is 15.2. The summed E-state index contributed by atoms with van der Waals surface area (Å²) in [7, 11) is 2.98. The molecule has 4 aromatic rings. The highest BCUT2D eigenvalue weighted by atomic mass is 19.4. The predicted molar refractivity (Wildman–Crippen MR) is 117 cm³/mol. The summed E-state index contributed by atoms with van der Waals surface area (Å²) in [5.74, 6) is 0.702. The lowest BCUT2D eigenvalue weighted by atomic mass is 10.1. The van der Waals surface area contributed by atoms with E-state index in [9.17, 15) is 18.3 Å². The van der Waals surface area contributed by atoms with E-state index in [-0.39, 0.29) is 24.1 Å². The van der Waals surface area contributed by atoms with E-state index in [1.54, 1.807) is 32.2 Å². The van der Waals surface area contributed by atoms with Crippen molar-refractivity contribution >= 4 is 10.9 Å². The SMILES string of the molecule is CCOc1c2nc(-c3cnc(OC)c(OC)c3)cc(C)c2c(O)n1-c1cnn(CC(F)(F)F)c1. The minimum Gasteiger partial charge on any atom is -0.494 e. The van der Waals surface area contributed by atoms with Crippen molar-refractivity contribution in [3.8, 4) is 40.3 Å². The molecule has 0 radical (unpaired) electrons. The number of rotatable bonds is 7. The third-order valence-corrected chi connectivity index (χ3v) is 5.09. The molecule has 9 nitrogen and oxygen atoms in total. The van der Waals surface area contributed by atoms with Gasteiger partial charge in [-0.2, -0.15) is 18.3 Å². The highest BCUT2D eigenvalue weighted by Crippen LogP contribution is 2.42. The lowest BCUT2D eigenvalue weighted by molar-refractivity contribution is -0.142. The van der Waals surface area contributed by atoms with E-state index in [0.29, 0.717) is 39.4 Å². The fourth-order valence-electron chi connectivity index (χ4n) is 3.69.